The predicted molar refractivity (Wildman–Crippen MR) is 77.7 cm³/mol. The fraction of sp³-hybridized carbons (Fsp3) is 0.571. The minimum absolute atomic E-state index is 0.434. The first-order chi connectivity index (χ1) is 8.61. The van der Waals surface area contributed by atoms with Crippen molar-refractivity contribution < 1.29 is 8.95 Å². The smallest absolute Gasteiger partial charge is 0.118 e. The van der Waals surface area contributed by atoms with Crippen molar-refractivity contribution in [1.29, 1.82) is 0 Å². The highest BCUT2D eigenvalue weighted by molar-refractivity contribution is 7.84. The van der Waals surface area contributed by atoms with Gasteiger partial charge in [-0.05, 0) is 44.0 Å². The Kier molecular flexibility index (Phi) is 6.98. The van der Waals surface area contributed by atoms with Gasteiger partial charge in [0.05, 0.1) is 7.11 Å². The highest BCUT2D eigenvalue weighted by Gasteiger charge is 2.03. The molecular weight excluding hydrogens is 246 g/mol. The van der Waals surface area contributed by atoms with Crippen LogP contribution in [-0.4, -0.2) is 35.9 Å². The SMILES string of the molecule is COc1ccc(CC(C)NCCCS(C)=O)cc1. The minimum Gasteiger partial charge on any atom is -0.497 e. The standard InChI is InChI=1S/C14H23NO2S/c1-12(15-9-4-10-18(3)16)11-13-5-7-14(17-2)8-6-13/h5-8,12,15H,4,9-11H2,1-3H3. The number of hydrogen-bond acceptors (Lipinski definition) is 3. The van der Waals surface area contributed by atoms with E-state index in [1.807, 2.05) is 12.1 Å². The van der Waals surface area contributed by atoms with Gasteiger partial charge in [-0.1, -0.05) is 12.1 Å². The summed E-state index contributed by atoms with van der Waals surface area (Å²) in [5.41, 5.74) is 1.30. The van der Waals surface area contributed by atoms with Crippen molar-refractivity contribution in [3.05, 3.63) is 29.8 Å². The van der Waals surface area contributed by atoms with Gasteiger partial charge >= 0.3 is 0 Å². The number of hydrogen-bond donors (Lipinski definition) is 1. The van der Waals surface area contributed by atoms with Crippen LogP contribution in [-0.2, 0) is 17.2 Å². The fourth-order valence-corrected chi connectivity index (χ4v) is 2.36. The van der Waals surface area contributed by atoms with E-state index in [0.29, 0.717) is 6.04 Å². The summed E-state index contributed by atoms with van der Waals surface area (Å²) >= 11 is 0. The summed E-state index contributed by atoms with van der Waals surface area (Å²) in [7, 11) is 1.00. The first kappa shape index (κ1) is 15.2. The van der Waals surface area contributed by atoms with E-state index in [1.54, 1.807) is 13.4 Å². The lowest BCUT2D eigenvalue weighted by Gasteiger charge is -2.13. The fourth-order valence-electron chi connectivity index (χ4n) is 1.81. The van der Waals surface area contributed by atoms with Crippen molar-refractivity contribution in [3.63, 3.8) is 0 Å². The van der Waals surface area contributed by atoms with Gasteiger partial charge in [0.2, 0.25) is 0 Å². The van der Waals surface area contributed by atoms with Crippen LogP contribution in [0.3, 0.4) is 0 Å². The predicted octanol–water partition coefficient (Wildman–Crippen LogP) is 1.98. The highest BCUT2D eigenvalue weighted by atomic mass is 32.2. The van der Waals surface area contributed by atoms with Crippen LogP contribution in [0.4, 0.5) is 0 Å². The van der Waals surface area contributed by atoms with Crippen LogP contribution >= 0.6 is 0 Å². The Bertz CT molecular complexity index is 365. The molecule has 0 radical (unpaired) electrons. The first-order valence-electron chi connectivity index (χ1n) is 6.28. The van der Waals surface area contributed by atoms with Crippen molar-refractivity contribution in [3.8, 4) is 5.75 Å². The Hall–Kier alpha value is -0.870. The van der Waals surface area contributed by atoms with Gasteiger partial charge in [0.15, 0.2) is 0 Å². The third-order valence-electron chi connectivity index (χ3n) is 2.80. The van der Waals surface area contributed by atoms with Gasteiger partial charge < -0.3 is 10.1 Å². The van der Waals surface area contributed by atoms with E-state index < -0.39 is 10.8 Å². The number of methoxy groups -OCH3 is 1. The summed E-state index contributed by atoms with van der Waals surface area (Å²) in [4.78, 5) is 0. The molecule has 0 aromatic heterocycles. The Morgan fingerprint density at radius 2 is 2.00 bits per heavy atom. The Morgan fingerprint density at radius 3 is 2.56 bits per heavy atom. The molecule has 0 aliphatic rings. The molecule has 2 unspecified atom stereocenters. The van der Waals surface area contributed by atoms with Crippen molar-refractivity contribution in [2.45, 2.75) is 25.8 Å². The van der Waals surface area contributed by atoms with Crippen molar-refractivity contribution in [1.82, 2.24) is 5.32 Å². The molecule has 3 nitrogen and oxygen atoms in total. The number of ether oxygens (including phenoxy) is 1. The van der Waals surface area contributed by atoms with E-state index in [2.05, 4.69) is 24.4 Å². The molecule has 102 valence electrons. The maximum absolute atomic E-state index is 10.9. The molecule has 2 atom stereocenters. The second-order valence-electron chi connectivity index (χ2n) is 4.54. The van der Waals surface area contributed by atoms with E-state index in [4.69, 9.17) is 4.74 Å². The summed E-state index contributed by atoms with van der Waals surface area (Å²) in [5, 5.41) is 3.45. The van der Waals surface area contributed by atoms with Crippen LogP contribution in [0.2, 0.25) is 0 Å². The zero-order valence-electron chi connectivity index (χ0n) is 11.4. The molecule has 0 heterocycles. The zero-order chi connectivity index (χ0) is 13.4. The summed E-state index contributed by atoms with van der Waals surface area (Å²) < 4.78 is 16.0. The van der Waals surface area contributed by atoms with Gasteiger partial charge in [-0.25, -0.2) is 0 Å². The van der Waals surface area contributed by atoms with Gasteiger partial charge in [-0.2, -0.15) is 0 Å². The van der Waals surface area contributed by atoms with Gasteiger partial charge in [0.25, 0.3) is 0 Å². The third kappa shape index (κ3) is 6.17. The van der Waals surface area contributed by atoms with Gasteiger partial charge in [0.1, 0.15) is 5.75 Å². The Morgan fingerprint density at radius 1 is 1.33 bits per heavy atom. The molecule has 0 aliphatic heterocycles. The molecule has 0 saturated carbocycles. The van der Waals surface area contributed by atoms with Crippen molar-refractivity contribution in [2.75, 3.05) is 25.7 Å². The summed E-state index contributed by atoms with van der Waals surface area (Å²) in [6.07, 6.45) is 3.72. The monoisotopic (exact) mass is 269 g/mol. The normalized spacial score (nSPS) is 14.2. The Balaban J connectivity index is 2.26. The minimum atomic E-state index is -0.676. The molecule has 0 fully saturated rings. The third-order valence-corrected chi connectivity index (χ3v) is 3.67. The zero-order valence-corrected chi connectivity index (χ0v) is 12.3. The topological polar surface area (TPSA) is 38.3 Å². The first-order valence-corrected chi connectivity index (χ1v) is 8.01. The van der Waals surface area contributed by atoms with Gasteiger partial charge in [-0.3, -0.25) is 4.21 Å². The average molecular weight is 269 g/mol. The van der Waals surface area contributed by atoms with E-state index >= 15 is 0 Å². The molecule has 1 rings (SSSR count). The molecule has 0 saturated heterocycles. The second-order valence-corrected chi connectivity index (χ2v) is 6.09. The van der Waals surface area contributed by atoms with Crippen LogP contribution in [0.1, 0.15) is 18.9 Å². The van der Waals surface area contributed by atoms with Crippen LogP contribution in [0.5, 0.6) is 5.75 Å². The molecule has 0 bridgehead atoms. The van der Waals surface area contributed by atoms with Crippen LogP contribution < -0.4 is 10.1 Å². The maximum Gasteiger partial charge on any atom is 0.118 e. The molecular formula is C14H23NO2S. The quantitative estimate of drug-likeness (QED) is 0.733. The molecule has 1 aromatic rings. The van der Waals surface area contributed by atoms with Crippen molar-refractivity contribution in [2.24, 2.45) is 0 Å². The van der Waals surface area contributed by atoms with E-state index in [9.17, 15) is 4.21 Å². The molecule has 1 aromatic carbocycles. The summed E-state index contributed by atoms with van der Waals surface area (Å²) in [6.45, 7) is 3.10. The second kappa shape index (κ2) is 8.27. The molecule has 1 N–H and O–H groups in total. The van der Waals surface area contributed by atoms with Crippen LogP contribution in [0.25, 0.3) is 0 Å². The van der Waals surface area contributed by atoms with E-state index in [-0.39, 0.29) is 0 Å². The van der Waals surface area contributed by atoms with Crippen molar-refractivity contribution >= 4 is 10.8 Å². The highest BCUT2D eigenvalue weighted by Crippen LogP contribution is 2.12. The van der Waals surface area contributed by atoms with Gasteiger partial charge in [-0.15, -0.1) is 0 Å². The lowest BCUT2D eigenvalue weighted by atomic mass is 10.1. The number of nitrogens with one attached hydrogen (secondary N) is 1. The van der Waals surface area contributed by atoms with E-state index in [1.165, 1.54) is 5.56 Å². The number of rotatable bonds is 8. The average Bonchev–Trinajstić information content (AvgIpc) is 2.35. The van der Waals surface area contributed by atoms with Crippen LogP contribution in [0, 0.1) is 0 Å². The molecule has 4 heteroatoms. The van der Waals surface area contributed by atoms with E-state index in [0.717, 1.165) is 30.9 Å². The molecule has 18 heavy (non-hydrogen) atoms. The number of benzene rings is 1. The summed E-state index contributed by atoms with van der Waals surface area (Å²) in [6, 6.07) is 8.60. The maximum atomic E-state index is 10.9. The van der Waals surface area contributed by atoms with Gasteiger partial charge in [0, 0.05) is 28.9 Å². The summed E-state index contributed by atoms with van der Waals surface area (Å²) in [5.74, 6) is 1.67. The molecule has 0 spiro atoms. The Labute approximate surface area is 112 Å². The molecule has 0 aliphatic carbocycles. The lowest BCUT2D eigenvalue weighted by molar-refractivity contribution is 0.414. The largest absolute Gasteiger partial charge is 0.497 e. The van der Waals surface area contributed by atoms with Crippen LogP contribution in [0.15, 0.2) is 24.3 Å². The lowest BCUT2D eigenvalue weighted by Crippen LogP contribution is -2.29. The molecule has 0 amide bonds.